The van der Waals surface area contributed by atoms with E-state index in [4.69, 9.17) is 0 Å². The molecule has 1 aliphatic carbocycles. The Morgan fingerprint density at radius 1 is 1.13 bits per heavy atom. The molecule has 7 heteroatoms. The van der Waals surface area contributed by atoms with Gasteiger partial charge in [-0.1, -0.05) is 12.8 Å². The smallest absolute Gasteiger partial charge is 0.160 e. The minimum atomic E-state index is -0.138. The molecule has 124 valence electrons. The number of H-pyrrole nitrogens is 1. The summed E-state index contributed by atoms with van der Waals surface area (Å²) in [5, 5.41) is 21.6. The van der Waals surface area contributed by atoms with E-state index in [1.807, 2.05) is 0 Å². The van der Waals surface area contributed by atoms with E-state index in [1.165, 1.54) is 12.8 Å². The summed E-state index contributed by atoms with van der Waals surface area (Å²) in [4.78, 5) is 11.0. The Morgan fingerprint density at radius 2 is 1.96 bits per heavy atom. The topological polar surface area (TPSA) is 90.0 Å². The van der Waals surface area contributed by atoms with Gasteiger partial charge in [-0.25, -0.2) is 9.97 Å². The lowest BCUT2D eigenvalue weighted by molar-refractivity contribution is 0.00993. The van der Waals surface area contributed by atoms with Crippen LogP contribution in [-0.4, -0.2) is 61.4 Å². The predicted molar refractivity (Wildman–Crippen MR) is 88.2 cm³/mol. The largest absolute Gasteiger partial charge is 0.391 e. The van der Waals surface area contributed by atoms with Crippen LogP contribution in [0, 0.1) is 0 Å². The molecule has 2 fully saturated rings. The molecule has 1 saturated carbocycles. The minimum Gasteiger partial charge on any atom is -0.391 e. The monoisotopic (exact) mass is 316 g/mol. The van der Waals surface area contributed by atoms with Gasteiger partial charge in [0.25, 0.3) is 0 Å². The van der Waals surface area contributed by atoms with E-state index in [0.29, 0.717) is 12.1 Å². The molecule has 1 saturated heterocycles. The highest BCUT2D eigenvalue weighted by atomic mass is 16.3. The van der Waals surface area contributed by atoms with Gasteiger partial charge in [-0.15, -0.1) is 0 Å². The van der Waals surface area contributed by atoms with Crippen LogP contribution >= 0.6 is 0 Å². The summed E-state index contributed by atoms with van der Waals surface area (Å²) in [7, 11) is 0. The van der Waals surface area contributed by atoms with Gasteiger partial charge >= 0.3 is 0 Å². The Kier molecular flexibility index (Phi) is 4.13. The summed E-state index contributed by atoms with van der Waals surface area (Å²) < 4.78 is 0. The molecule has 2 atom stereocenters. The first kappa shape index (κ1) is 14.8. The Bertz CT molecular complexity index is 651. The zero-order valence-electron chi connectivity index (χ0n) is 13.3. The second-order valence-electron chi connectivity index (χ2n) is 6.73. The van der Waals surface area contributed by atoms with Gasteiger partial charge in [-0.05, 0) is 25.7 Å². The molecule has 2 aliphatic rings. The number of hydrogen-bond acceptors (Lipinski definition) is 6. The second kappa shape index (κ2) is 6.41. The van der Waals surface area contributed by atoms with Crippen molar-refractivity contribution < 1.29 is 5.11 Å². The molecule has 2 aromatic heterocycles. The van der Waals surface area contributed by atoms with Gasteiger partial charge in [-0.2, -0.15) is 5.10 Å². The van der Waals surface area contributed by atoms with Crippen LogP contribution in [0.5, 0.6) is 0 Å². The first-order valence-electron chi connectivity index (χ1n) is 8.64. The van der Waals surface area contributed by atoms with Gasteiger partial charge in [0.05, 0.1) is 17.7 Å². The van der Waals surface area contributed by atoms with E-state index in [0.717, 1.165) is 55.6 Å². The number of hydrogen-bond donors (Lipinski definition) is 3. The van der Waals surface area contributed by atoms with Crippen LogP contribution in [0.4, 0.5) is 5.82 Å². The molecule has 0 aromatic carbocycles. The third-order valence-electron chi connectivity index (χ3n) is 5.28. The Morgan fingerprint density at radius 3 is 2.78 bits per heavy atom. The molecule has 23 heavy (non-hydrogen) atoms. The van der Waals surface area contributed by atoms with Crippen LogP contribution in [0.25, 0.3) is 11.0 Å². The molecule has 0 amide bonds. The van der Waals surface area contributed by atoms with Crippen LogP contribution in [0.1, 0.15) is 38.5 Å². The van der Waals surface area contributed by atoms with Crippen molar-refractivity contribution in [1.82, 2.24) is 25.1 Å². The summed E-state index contributed by atoms with van der Waals surface area (Å²) >= 11 is 0. The van der Waals surface area contributed by atoms with E-state index in [9.17, 15) is 5.11 Å². The van der Waals surface area contributed by atoms with Crippen molar-refractivity contribution in [2.24, 2.45) is 0 Å². The molecular formula is C16H24N6O. The Balaban J connectivity index is 1.37. The lowest BCUT2D eigenvalue weighted by Gasteiger charge is -2.41. The number of likely N-dealkylation sites (tertiary alicyclic amines) is 1. The third kappa shape index (κ3) is 3.03. The highest BCUT2D eigenvalue weighted by Gasteiger charge is 2.31. The predicted octanol–water partition coefficient (Wildman–Crippen LogP) is 1.53. The third-order valence-corrected chi connectivity index (χ3v) is 5.28. The molecule has 0 bridgehead atoms. The van der Waals surface area contributed by atoms with Crippen molar-refractivity contribution in [2.45, 2.75) is 56.7 Å². The number of piperidine rings is 1. The fourth-order valence-electron chi connectivity index (χ4n) is 3.97. The van der Waals surface area contributed by atoms with E-state index in [2.05, 4.69) is 30.4 Å². The van der Waals surface area contributed by atoms with Gasteiger partial charge in [0.1, 0.15) is 12.1 Å². The SMILES string of the molecule is OC1CCCCC1N1CCC(Nc2ncnc3[nH]ncc23)CC1. The summed E-state index contributed by atoms with van der Waals surface area (Å²) in [5.74, 6) is 0.861. The van der Waals surface area contributed by atoms with Crippen LogP contribution in [-0.2, 0) is 0 Å². The van der Waals surface area contributed by atoms with Gasteiger partial charge < -0.3 is 10.4 Å². The maximum atomic E-state index is 10.2. The molecule has 3 heterocycles. The second-order valence-corrected chi connectivity index (χ2v) is 6.73. The van der Waals surface area contributed by atoms with E-state index < -0.39 is 0 Å². The number of aliphatic hydroxyl groups excluding tert-OH is 1. The quantitative estimate of drug-likeness (QED) is 0.796. The maximum absolute atomic E-state index is 10.2. The van der Waals surface area contributed by atoms with Gasteiger partial charge in [-0.3, -0.25) is 10.00 Å². The van der Waals surface area contributed by atoms with Gasteiger partial charge in [0.2, 0.25) is 0 Å². The van der Waals surface area contributed by atoms with Crippen molar-refractivity contribution in [3.05, 3.63) is 12.5 Å². The Hall–Kier alpha value is -1.73. The molecule has 3 N–H and O–H groups in total. The zero-order chi connectivity index (χ0) is 15.6. The summed E-state index contributed by atoms with van der Waals surface area (Å²) in [6.45, 7) is 2.08. The van der Waals surface area contributed by atoms with E-state index in [-0.39, 0.29) is 6.10 Å². The minimum absolute atomic E-state index is 0.138. The number of aromatic amines is 1. The molecule has 4 rings (SSSR count). The van der Waals surface area contributed by atoms with E-state index in [1.54, 1.807) is 12.5 Å². The molecule has 2 unspecified atom stereocenters. The number of fused-ring (bicyclic) bond motifs is 1. The lowest BCUT2D eigenvalue weighted by atomic mass is 9.89. The number of anilines is 1. The summed E-state index contributed by atoms with van der Waals surface area (Å²) in [5.41, 5.74) is 0.769. The average Bonchev–Trinajstić information content (AvgIpc) is 3.06. The highest BCUT2D eigenvalue weighted by molar-refractivity contribution is 5.85. The first-order valence-corrected chi connectivity index (χ1v) is 8.64. The zero-order valence-corrected chi connectivity index (χ0v) is 13.3. The number of nitrogens with zero attached hydrogens (tertiary/aromatic N) is 4. The average molecular weight is 316 g/mol. The van der Waals surface area contributed by atoms with Crippen molar-refractivity contribution in [3.8, 4) is 0 Å². The van der Waals surface area contributed by atoms with Crippen LogP contribution in [0.2, 0.25) is 0 Å². The summed E-state index contributed by atoms with van der Waals surface area (Å²) in [6.07, 6.45) is 9.87. The number of aliphatic hydroxyl groups is 1. The van der Waals surface area contributed by atoms with Gasteiger partial charge in [0.15, 0.2) is 5.65 Å². The van der Waals surface area contributed by atoms with Crippen molar-refractivity contribution in [3.63, 3.8) is 0 Å². The number of rotatable bonds is 3. The Labute approximate surface area is 135 Å². The molecule has 1 aliphatic heterocycles. The fraction of sp³-hybridized carbons (Fsp3) is 0.688. The number of aromatic nitrogens is 4. The normalized spacial score (nSPS) is 27.3. The molecule has 0 radical (unpaired) electrons. The standard InChI is InChI=1S/C16H24N6O/c23-14-4-2-1-3-13(14)22-7-5-11(6-8-22)20-15-12-9-19-21-16(12)18-10-17-15/h9-11,13-14,23H,1-8H2,(H2,17,18,19,20,21). The van der Waals surface area contributed by atoms with Crippen LogP contribution in [0.3, 0.4) is 0 Å². The fourth-order valence-corrected chi connectivity index (χ4v) is 3.97. The molecule has 2 aromatic rings. The molecular weight excluding hydrogens is 292 g/mol. The van der Waals surface area contributed by atoms with Crippen LogP contribution < -0.4 is 5.32 Å². The van der Waals surface area contributed by atoms with Gasteiger partial charge in [0, 0.05) is 25.2 Å². The first-order chi connectivity index (χ1) is 11.3. The van der Waals surface area contributed by atoms with Crippen LogP contribution in [0.15, 0.2) is 12.5 Å². The molecule has 0 spiro atoms. The maximum Gasteiger partial charge on any atom is 0.160 e. The highest BCUT2D eigenvalue weighted by Crippen LogP contribution is 2.27. The number of nitrogens with one attached hydrogen (secondary N) is 2. The van der Waals surface area contributed by atoms with Crippen molar-refractivity contribution in [1.29, 1.82) is 0 Å². The van der Waals surface area contributed by atoms with Crippen molar-refractivity contribution in [2.75, 3.05) is 18.4 Å². The van der Waals surface area contributed by atoms with E-state index >= 15 is 0 Å². The summed E-state index contributed by atoms with van der Waals surface area (Å²) in [6, 6.07) is 0.782. The molecule has 7 nitrogen and oxygen atoms in total. The lowest BCUT2D eigenvalue weighted by Crippen LogP contribution is -2.50. The van der Waals surface area contributed by atoms with Crippen molar-refractivity contribution >= 4 is 16.9 Å².